The first kappa shape index (κ1) is 24.5. The van der Waals surface area contributed by atoms with Crippen LogP contribution in [0.4, 0.5) is 17.1 Å². The van der Waals surface area contributed by atoms with Crippen LogP contribution >= 0.6 is 0 Å². The van der Waals surface area contributed by atoms with Crippen molar-refractivity contribution in [3.05, 3.63) is 81.9 Å². The van der Waals surface area contributed by atoms with Gasteiger partial charge in [0, 0.05) is 36.0 Å². The quantitative estimate of drug-likeness (QED) is 0.214. The number of oxazole rings is 1. The average molecular weight is 499 g/mol. The van der Waals surface area contributed by atoms with Gasteiger partial charge in [0.2, 0.25) is 5.89 Å². The number of carbonyl (C=O) groups is 1. The summed E-state index contributed by atoms with van der Waals surface area (Å²) in [5, 5.41) is 14.6. The number of nitrogens with one attached hydrogen (secondary N) is 1. The predicted molar refractivity (Wildman–Crippen MR) is 145 cm³/mol. The van der Waals surface area contributed by atoms with Crippen molar-refractivity contribution in [1.29, 1.82) is 0 Å². The minimum atomic E-state index is -0.415. The molecular weight excluding hydrogens is 468 g/mol. The molecule has 1 atom stereocenters. The third kappa shape index (κ3) is 5.18. The van der Waals surface area contributed by atoms with Crippen LogP contribution in [0.2, 0.25) is 0 Å². The van der Waals surface area contributed by atoms with Gasteiger partial charge in [0.05, 0.1) is 4.92 Å². The Bertz CT molecular complexity index is 1440. The molecule has 8 heteroatoms. The monoisotopic (exact) mass is 498 g/mol. The fourth-order valence-corrected chi connectivity index (χ4v) is 4.72. The first-order chi connectivity index (χ1) is 17.9. The molecule has 1 unspecified atom stereocenters. The van der Waals surface area contributed by atoms with Crippen molar-refractivity contribution in [3.8, 4) is 11.5 Å². The second kappa shape index (κ2) is 10.4. The zero-order valence-corrected chi connectivity index (χ0v) is 21.1. The average Bonchev–Trinajstić information content (AvgIpc) is 3.36. The largest absolute Gasteiger partial charge is 0.436 e. The van der Waals surface area contributed by atoms with Gasteiger partial charge in [-0.05, 0) is 85.7 Å². The lowest BCUT2D eigenvalue weighted by atomic mass is 9.98. The van der Waals surface area contributed by atoms with E-state index in [9.17, 15) is 14.9 Å². The molecular formula is C29H30N4O4. The highest BCUT2D eigenvalue weighted by Gasteiger charge is 2.23. The van der Waals surface area contributed by atoms with Crippen molar-refractivity contribution in [1.82, 2.24) is 4.98 Å². The molecule has 1 amide bonds. The highest BCUT2D eigenvalue weighted by molar-refractivity contribution is 6.05. The Morgan fingerprint density at radius 1 is 1.08 bits per heavy atom. The number of piperidine rings is 1. The Morgan fingerprint density at radius 2 is 1.84 bits per heavy atom. The number of fused-ring (bicyclic) bond motifs is 1. The van der Waals surface area contributed by atoms with Gasteiger partial charge < -0.3 is 14.6 Å². The van der Waals surface area contributed by atoms with Crippen LogP contribution in [0.3, 0.4) is 0 Å². The maximum atomic E-state index is 12.9. The summed E-state index contributed by atoms with van der Waals surface area (Å²) < 4.78 is 5.94. The first-order valence-electron chi connectivity index (χ1n) is 12.8. The number of nitro groups is 1. The van der Waals surface area contributed by atoms with E-state index in [1.165, 1.54) is 11.6 Å². The lowest BCUT2D eigenvalue weighted by Crippen LogP contribution is -2.30. The maximum Gasteiger partial charge on any atom is 0.293 e. The summed E-state index contributed by atoms with van der Waals surface area (Å²) in [6.45, 7) is 5.93. The van der Waals surface area contributed by atoms with Crippen LogP contribution in [-0.2, 0) is 0 Å². The van der Waals surface area contributed by atoms with E-state index in [0.717, 1.165) is 55.4 Å². The Labute approximate surface area is 215 Å². The molecule has 8 nitrogen and oxygen atoms in total. The Hall–Kier alpha value is -4.20. The number of rotatable bonds is 7. The van der Waals surface area contributed by atoms with E-state index >= 15 is 0 Å². The molecule has 1 aliphatic heterocycles. The normalized spacial score (nSPS) is 14.5. The molecule has 5 rings (SSSR count). The summed E-state index contributed by atoms with van der Waals surface area (Å²) in [6.07, 6.45) is 4.21. The first-order valence-corrected chi connectivity index (χ1v) is 12.8. The highest BCUT2D eigenvalue weighted by Crippen LogP contribution is 2.32. The van der Waals surface area contributed by atoms with Crippen molar-refractivity contribution >= 4 is 34.1 Å². The van der Waals surface area contributed by atoms with Gasteiger partial charge in [-0.3, -0.25) is 14.9 Å². The van der Waals surface area contributed by atoms with Crippen LogP contribution < -0.4 is 10.2 Å². The summed E-state index contributed by atoms with van der Waals surface area (Å²) in [4.78, 5) is 30.9. The lowest BCUT2D eigenvalue weighted by molar-refractivity contribution is -0.384. The molecule has 1 aromatic heterocycles. The second-order valence-corrected chi connectivity index (χ2v) is 9.60. The van der Waals surface area contributed by atoms with Crippen LogP contribution in [0.1, 0.15) is 61.4 Å². The van der Waals surface area contributed by atoms with Crippen molar-refractivity contribution in [2.45, 2.75) is 45.4 Å². The minimum absolute atomic E-state index is 0.0441. The molecule has 190 valence electrons. The van der Waals surface area contributed by atoms with E-state index in [2.05, 4.69) is 36.3 Å². The van der Waals surface area contributed by atoms with Crippen LogP contribution in [0.15, 0.2) is 65.1 Å². The minimum Gasteiger partial charge on any atom is -0.436 e. The number of nitrogens with zero attached hydrogens (tertiary/aromatic N) is 3. The Balaban J connectivity index is 1.32. The number of carbonyl (C=O) groups excluding carboxylic acids is 1. The summed E-state index contributed by atoms with van der Waals surface area (Å²) >= 11 is 0. The highest BCUT2D eigenvalue weighted by atomic mass is 16.6. The van der Waals surface area contributed by atoms with Gasteiger partial charge in [0.25, 0.3) is 11.6 Å². The van der Waals surface area contributed by atoms with Crippen molar-refractivity contribution in [2.75, 3.05) is 23.3 Å². The molecule has 0 bridgehead atoms. The van der Waals surface area contributed by atoms with E-state index in [1.54, 1.807) is 24.3 Å². The van der Waals surface area contributed by atoms with Gasteiger partial charge >= 0.3 is 0 Å². The molecule has 0 saturated carbocycles. The topological polar surface area (TPSA) is 102 Å². The van der Waals surface area contributed by atoms with Gasteiger partial charge in [0.15, 0.2) is 5.58 Å². The number of hydrogen-bond acceptors (Lipinski definition) is 6. The molecule has 3 aromatic carbocycles. The number of nitro benzene ring substituents is 1. The number of amides is 1. The number of benzene rings is 3. The smallest absolute Gasteiger partial charge is 0.293 e. The van der Waals surface area contributed by atoms with Crippen molar-refractivity contribution in [3.63, 3.8) is 0 Å². The molecule has 1 aliphatic rings. The van der Waals surface area contributed by atoms with Crippen molar-refractivity contribution < 1.29 is 14.1 Å². The molecule has 1 fully saturated rings. The van der Waals surface area contributed by atoms with E-state index < -0.39 is 10.8 Å². The second-order valence-electron chi connectivity index (χ2n) is 9.60. The zero-order valence-electron chi connectivity index (χ0n) is 21.1. The third-order valence-electron chi connectivity index (χ3n) is 7.11. The lowest BCUT2D eigenvalue weighted by Gasteiger charge is -2.28. The molecule has 0 spiro atoms. The summed E-state index contributed by atoms with van der Waals surface area (Å²) in [5.41, 5.74) is 4.92. The van der Waals surface area contributed by atoms with E-state index in [-0.39, 0.29) is 11.3 Å². The van der Waals surface area contributed by atoms with Gasteiger partial charge in [-0.2, -0.15) is 0 Å². The van der Waals surface area contributed by atoms with Gasteiger partial charge in [-0.25, -0.2) is 4.98 Å². The third-order valence-corrected chi connectivity index (χ3v) is 7.11. The van der Waals surface area contributed by atoms with Gasteiger partial charge in [-0.15, -0.1) is 0 Å². The zero-order chi connectivity index (χ0) is 25.9. The van der Waals surface area contributed by atoms with Gasteiger partial charge in [0.1, 0.15) is 11.2 Å². The van der Waals surface area contributed by atoms with E-state index in [4.69, 9.17) is 4.42 Å². The molecule has 2 heterocycles. The number of hydrogen-bond donors (Lipinski definition) is 1. The van der Waals surface area contributed by atoms with E-state index in [0.29, 0.717) is 23.2 Å². The molecule has 37 heavy (non-hydrogen) atoms. The van der Waals surface area contributed by atoms with Crippen molar-refractivity contribution in [2.24, 2.45) is 0 Å². The Morgan fingerprint density at radius 3 is 2.54 bits per heavy atom. The van der Waals surface area contributed by atoms with E-state index in [1.807, 2.05) is 23.1 Å². The molecule has 0 aliphatic carbocycles. The van der Waals surface area contributed by atoms with Gasteiger partial charge in [-0.1, -0.05) is 19.9 Å². The summed E-state index contributed by atoms with van der Waals surface area (Å²) in [7, 11) is 0. The van der Waals surface area contributed by atoms with Crippen LogP contribution in [0.5, 0.6) is 0 Å². The predicted octanol–water partition coefficient (Wildman–Crippen LogP) is 7.16. The molecule has 4 aromatic rings. The molecule has 0 radical (unpaired) electrons. The fraction of sp³-hybridized carbons (Fsp3) is 0.310. The number of aromatic nitrogens is 1. The summed E-state index contributed by atoms with van der Waals surface area (Å²) in [5.74, 6) is 0.563. The van der Waals surface area contributed by atoms with Crippen LogP contribution in [-0.4, -0.2) is 28.9 Å². The van der Waals surface area contributed by atoms with Crippen LogP contribution in [0, 0.1) is 10.1 Å². The SMILES string of the molecule is CCC(C)c1ccc2oc(-c3ccc(NC(=O)c4ccc(N5CCCCC5)c([N+](=O)[O-])c4)cc3)nc2c1. The Kier molecular flexibility index (Phi) is 6.90. The fourth-order valence-electron chi connectivity index (χ4n) is 4.72. The maximum absolute atomic E-state index is 12.9. The van der Waals surface area contributed by atoms with Crippen LogP contribution in [0.25, 0.3) is 22.6 Å². The standard InChI is InChI=1S/C29H30N4O4/c1-3-19(2)21-10-14-27-24(17-21)31-29(37-27)20-7-11-23(12-8-20)30-28(34)22-9-13-25(26(18-22)33(35)36)32-15-5-4-6-16-32/h7-14,17-19H,3-6,15-16H2,1-2H3,(H,30,34). The molecule has 1 saturated heterocycles. The molecule has 1 N–H and O–H groups in total. The summed E-state index contributed by atoms with van der Waals surface area (Å²) in [6, 6.07) is 18.0. The number of anilines is 2.